The van der Waals surface area contributed by atoms with Gasteiger partial charge in [-0.1, -0.05) is 34.5 Å². The molecule has 2 rings (SSSR count). The maximum Gasteiger partial charge on any atom is 0.200 e. The summed E-state index contributed by atoms with van der Waals surface area (Å²) in [6.45, 7) is 0. The molecule has 2 nitrogen and oxygen atoms in total. The molecule has 0 aliphatic carbocycles. The van der Waals surface area contributed by atoms with Crippen LogP contribution in [0.4, 0.5) is 0 Å². The molecule has 0 saturated heterocycles. The van der Waals surface area contributed by atoms with Crippen LogP contribution in [0.2, 0.25) is 10.0 Å². The lowest BCUT2D eigenvalue weighted by Gasteiger charge is -2.04. The van der Waals surface area contributed by atoms with Gasteiger partial charge in [0.1, 0.15) is 5.75 Å². The number of ether oxygens (including phenoxy) is 1. The summed E-state index contributed by atoms with van der Waals surface area (Å²) in [6.07, 6.45) is 1.63. The van der Waals surface area contributed by atoms with Crippen LogP contribution in [0.15, 0.2) is 29.9 Å². The van der Waals surface area contributed by atoms with Gasteiger partial charge in [0.25, 0.3) is 0 Å². The largest absolute Gasteiger partial charge is 0.443 e. The Morgan fingerprint density at radius 1 is 1.29 bits per heavy atom. The van der Waals surface area contributed by atoms with Gasteiger partial charge in [0.15, 0.2) is 0 Å². The molecule has 0 N–H and O–H groups in total. The Hall–Kier alpha value is -0.770. The zero-order valence-electron chi connectivity index (χ0n) is 6.91. The molecule has 5 heteroatoms. The minimum absolute atomic E-state index is 0.530. The van der Waals surface area contributed by atoms with E-state index in [2.05, 4.69) is 4.98 Å². The van der Waals surface area contributed by atoms with Crippen molar-refractivity contribution < 1.29 is 4.74 Å². The molecular weight excluding hydrogens is 241 g/mol. The van der Waals surface area contributed by atoms with Gasteiger partial charge in [0.2, 0.25) is 5.06 Å². The van der Waals surface area contributed by atoms with E-state index in [0.717, 1.165) is 0 Å². The van der Waals surface area contributed by atoms with Gasteiger partial charge >= 0.3 is 0 Å². The molecule has 0 aliphatic rings. The maximum absolute atomic E-state index is 5.91. The average Bonchev–Trinajstić information content (AvgIpc) is 2.64. The lowest BCUT2D eigenvalue weighted by atomic mass is 10.3. The summed E-state index contributed by atoms with van der Waals surface area (Å²) >= 11 is 13.1. The van der Waals surface area contributed by atoms with Crippen molar-refractivity contribution in [2.24, 2.45) is 0 Å². The SMILES string of the molecule is Clc1ccc(Cl)c(Oc2cncs2)c1. The first-order valence-corrected chi connectivity index (χ1v) is 5.40. The predicted octanol–water partition coefficient (Wildman–Crippen LogP) is 4.24. The van der Waals surface area contributed by atoms with Crippen molar-refractivity contribution in [1.29, 1.82) is 0 Å². The minimum atomic E-state index is 0.530. The van der Waals surface area contributed by atoms with Crippen molar-refractivity contribution in [3.05, 3.63) is 40.0 Å². The normalized spacial score (nSPS) is 10.1. The number of halogens is 2. The van der Waals surface area contributed by atoms with Crippen LogP contribution < -0.4 is 4.74 Å². The fourth-order valence-electron chi connectivity index (χ4n) is 0.918. The third-order valence-electron chi connectivity index (χ3n) is 1.51. The second kappa shape index (κ2) is 4.17. The number of nitrogens with zero attached hydrogens (tertiary/aromatic N) is 1. The maximum atomic E-state index is 5.91. The molecule has 0 amide bonds. The van der Waals surface area contributed by atoms with Gasteiger partial charge in [-0.3, -0.25) is 0 Å². The molecule has 1 aromatic carbocycles. The van der Waals surface area contributed by atoms with Crippen LogP contribution in [0, 0.1) is 0 Å². The third-order valence-corrected chi connectivity index (χ3v) is 2.71. The van der Waals surface area contributed by atoms with Crippen molar-refractivity contribution in [2.45, 2.75) is 0 Å². The molecule has 2 aromatic rings. The minimum Gasteiger partial charge on any atom is -0.443 e. The molecule has 14 heavy (non-hydrogen) atoms. The van der Waals surface area contributed by atoms with Crippen LogP contribution >= 0.6 is 34.5 Å². The van der Waals surface area contributed by atoms with Crippen LogP contribution in [0.5, 0.6) is 10.8 Å². The first-order valence-electron chi connectivity index (χ1n) is 3.77. The molecule has 1 heterocycles. The highest BCUT2D eigenvalue weighted by molar-refractivity contribution is 7.11. The molecule has 0 atom stereocenters. The third kappa shape index (κ3) is 2.18. The number of benzene rings is 1. The van der Waals surface area contributed by atoms with Gasteiger partial charge in [-0.25, -0.2) is 4.98 Å². The fraction of sp³-hybridized carbons (Fsp3) is 0. The Kier molecular flexibility index (Phi) is 2.91. The van der Waals surface area contributed by atoms with E-state index >= 15 is 0 Å². The highest BCUT2D eigenvalue weighted by atomic mass is 35.5. The van der Waals surface area contributed by atoms with Crippen LogP contribution in [-0.2, 0) is 0 Å². The van der Waals surface area contributed by atoms with Gasteiger partial charge in [0, 0.05) is 11.1 Å². The summed E-state index contributed by atoms with van der Waals surface area (Å²) < 4.78 is 5.47. The van der Waals surface area contributed by atoms with Crippen LogP contribution in [0.25, 0.3) is 0 Å². The Labute approximate surface area is 95.1 Å². The molecule has 1 aromatic heterocycles. The van der Waals surface area contributed by atoms with Gasteiger partial charge < -0.3 is 4.74 Å². The second-order valence-electron chi connectivity index (χ2n) is 2.50. The zero-order chi connectivity index (χ0) is 9.97. The van der Waals surface area contributed by atoms with E-state index in [1.54, 1.807) is 29.9 Å². The topological polar surface area (TPSA) is 22.1 Å². The molecule has 72 valence electrons. The predicted molar refractivity (Wildman–Crippen MR) is 58.7 cm³/mol. The number of rotatable bonds is 2. The van der Waals surface area contributed by atoms with E-state index in [9.17, 15) is 0 Å². The van der Waals surface area contributed by atoms with Crippen LogP contribution in [-0.4, -0.2) is 4.98 Å². The van der Waals surface area contributed by atoms with E-state index in [-0.39, 0.29) is 0 Å². The van der Waals surface area contributed by atoms with Crippen molar-refractivity contribution >= 4 is 34.5 Å². The quantitative estimate of drug-likeness (QED) is 0.790. The molecule has 0 spiro atoms. The van der Waals surface area contributed by atoms with Gasteiger partial charge in [0.05, 0.1) is 16.7 Å². The fourth-order valence-corrected chi connectivity index (χ4v) is 1.72. The summed E-state index contributed by atoms with van der Waals surface area (Å²) in [6, 6.07) is 5.08. The molecule has 0 fully saturated rings. The Morgan fingerprint density at radius 2 is 2.14 bits per heavy atom. The van der Waals surface area contributed by atoms with Gasteiger partial charge in [-0.2, -0.15) is 0 Å². The molecule has 0 bridgehead atoms. The van der Waals surface area contributed by atoms with Gasteiger partial charge in [-0.15, -0.1) is 0 Å². The Morgan fingerprint density at radius 3 is 2.86 bits per heavy atom. The molecule has 0 saturated carbocycles. The number of hydrogen-bond donors (Lipinski definition) is 0. The number of aromatic nitrogens is 1. The highest BCUT2D eigenvalue weighted by Crippen LogP contribution is 2.32. The van der Waals surface area contributed by atoms with E-state index in [1.165, 1.54) is 11.3 Å². The highest BCUT2D eigenvalue weighted by Gasteiger charge is 2.04. The lowest BCUT2D eigenvalue weighted by molar-refractivity contribution is 0.495. The summed E-state index contributed by atoms with van der Waals surface area (Å²) in [5, 5.41) is 1.81. The van der Waals surface area contributed by atoms with Crippen molar-refractivity contribution in [1.82, 2.24) is 4.98 Å². The number of hydrogen-bond acceptors (Lipinski definition) is 3. The smallest absolute Gasteiger partial charge is 0.200 e. The lowest BCUT2D eigenvalue weighted by Crippen LogP contribution is -1.81. The van der Waals surface area contributed by atoms with E-state index < -0.39 is 0 Å². The summed E-state index contributed by atoms with van der Waals surface area (Å²) in [5.41, 5.74) is 1.69. The molecule has 0 radical (unpaired) electrons. The molecule has 0 unspecified atom stereocenters. The first kappa shape index (κ1) is 9.77. The van der Waals surface area contributed by atoms with Crippen LogP contribution in [0.3, 0.4) is 0 Å². The van der Waals surface area contributed by atoms with Crippen LogP contribution in [0.1, 0.15) is 0 Å². The van der Waals surface area contributed by atoms with Gasteiger partial charge in [-0.05, 0) is 12.1 Å². The summed E-state index contributed by atoms with van der Waals surface area (Å²) in [4.78, 5) is 3.89. The first-order chi connectivity index (χ1) is 6.75. The summed E-state index contributed by atoms with van der Waals surface area (Å²) in [7, 11) is 0. The van der Waals surface area contributed by atoms with E-state index in [1.807, 2.05) is 0 Å². The van der Waals surface area contributed by atoms with Crippen molar-refractivity contribution in [2.75, 3.05) is 0 Å². The standard InChI is InChI=1S/C9H5Cl2NOS/c10-6-1-2-7(11)8(3-6)13-9-4-12-5-14-9/h1-5H. The van der Waals surface area contributed by atoms with Crippen molar-refractivity contribution in [3.8, 4) is 10.8 Å². The second-order valence-corrected chi connectivity index (χ2v) is 4.19. The monoisotopic (exact) mass is 245 g/mol. The number of thiazole rings is 1. The summed E-state index contributed by atoms with van der Waals surface area (Å²) in [5.74, 6) is 0.545. The van der Waals surface area contributed by atoms with Crippen molar-refractivity contribution in [3.63, 3.8) is 0 Å². The molecular formula is C9H5Cl2NOS. The van der Waals surface area contributed by atoms with E-state index in [4.69, 9.17) is 27.9 Å². The Balaban J connectivity index is 2.28. The van der Waals surface area contributed by atoms with E-state index in [0.29, 0.717) is 20.9 Å². The average molecular weight is 246 g/mol. The molecule has 0 aliphatic heterocycles. The zero-order valence-corrected chi connectivity index (χ0v) is 9.23. The Bertz CT molecular complexity index is 430.